The number of aliphatic hydroxyl groups excluding tert-OH is 1. The van der Waals surface area contributed by atoms with Crippen LogP contribution < -0.4 is 5.32 Å². The summed E-state index contributed by atoms with van der Waals surface area (Å²) in [4.78, 5) is 20.7. The molecule has 8 nitrogen and oxygen atoms in total. The standard InChI is InChI=1S/C16H18N6O2/c23-14-7-11(8-21-5-3-17-10-21)6-13(14)20-16(24)12-2-1-4-22-15(12)18-9-19-22/h1-5,9-11,13-14,23H,6-8H2,(H,20,24)/t11?,13-,14-/m1/s1. The molecule has 4 rings (SSSR count). The van der Waals surface area contributed by atoms with Crippen molar-refractivity contribution in [1.29, 1.82) is 0 Å². The summed E-state index contributed by atoms with van der Waals surface area (Å²) in [5.74, 6) is 0.0734. The molecule has 1 aliphatic carbocycles. The first-order chi connectivity index (χ1) is 11.7. The monoisotopic (exact) mass is 326 g/mol. The number of aromatic nitrogens is 5. The van der Waals surface area contributed by atoms with E-state index in [4.69, 9.17) is 0 Å². The smallest absolute Gasteiger partial charge is 0.255 e. The average Bonchev–Trinajstić information content (AvgIpc) is 3.29. The molecule has 0 aliphatic heterocycles. The van der Waals surface area contributed by atoms with Gasteiger partial charge in [0.15, 0.2) is 5.65 Å². The summed E-state index contributed by atoms with van der Waals surface area (Å²) in [6.45, 7) is 0.795. The van der Waals surface area contributed by atoms with Crippen LogP contribution >= 0.6 is 0 Å². The number of aliphatic hydroxyl groups is 1. The van der Waals surface area contributed by atoms with E-state index in [9.17, 15) is 9.90 Å². The molecule has 0 aromatic carbocycles. The van der Waals surface area contributed by atoms with Crippen molar-refractivity contribution in [1.82, 2.24) is 29.5 Å². The number of rotatable bonds is 4. The predicted molar refractivity (Wildman–Crippen MR) is 85.2 cm³/mol. The predicted octanol–water partition coefficient (Wildman–Crippen LogP) is 0.495. The summed E-state index contributed by atoms with van der Waals surface area (Å²) >= 11 is 0. The lowest BCUT2D eigenvalue weighted by Gasteiger charge is -2.16. The highest BCUT2D eigenvalue weighted by Gasteiger charge is 2.34. The zero-order valence-corrected chi connectivity index (χ0v) is 13.0. The van der Waals surface area contributed by atoms with Crippen molar-refractivity contribution >= 4 is 11.6 Å². The Kier molecular flexibility index (Phi) is 3.73. The van der Waals surface area contributed by atoms with Gasteiger partial charge in [0.2, 0.25) is 0 Å². The third-order valence-corrected chi connectivity index (χ3v) is 4.52. The molecule has 0 bridgehead atoms. The van der Waals surface area contributed by atoms with Gasteiger partial charge in [-0.3, -0.25) is 4.79 Å². The number of imidazole rings is 1. The third kappa shape index (κ3) is 2.76. The zero-order valence-electron chi connectivity index (χ0n) is 13.0. The molecular weight excluding hydrogens is 308 g/mol. The van der Waals surface area contributed by atoms with Gasteiger partial charge in [0, 0.05) is 25.1 Å². The summed E-state index contributed by atoms with van der Waals surface area (Å²) in [5.41, 5.74) is 0.970. The van der Waals surface area contributed by atoms with Crippen molar-refractivity contribution in [2.75, 3.05) is 0 Å². The second kappa shape index (κ2) is 6.04. The number of pyridine rings is 1. The highest BCUT2D eigenvalue weighted by atomic mass is 16.3. The Morgan fingerprint density at radius 1 is 1.38 bits per heavy atom. The van der Waals surface area contributed by atoms with Gasteiger partial charge < -0.3 is 15.0 Å². The minimum atomic E-state index is -0.542. The van der Waals surface area contributed by atoms with Gasteiger partial charge in [0.05, 0.1) is 24.0 Å². The largest absolute Gasteiger partial charge is 0.391 e. The Balaban J connectivity index is 1.45. The van der Waals surface area contributed by atoms with Gasteiger partial charge in [0.1, 0.15) is 6.33 Å². The summed E-state index contributed by atoms with van der Waals surface area (Å²) in [6.07, 6.45) is 9.43. The lowest BCUT2D eigenvalue weighted by Crippen LogP contribution is -2.40. The number of nitrogens with zero attached hydrogens (tertiary/aromatic N) is 5. The minimum Gasteiger partial charge on any atom is -0.391 e. The summed E-state index contributed by atoms with van der Waals surface area (Å²) in [5, 5.41) is 17.3. The number of amides is 1. The van der Waals surface area contributed by atoms with Crippen LogP contribution in [-0.2, 0) is 6.54 Å². The van der Waals surface area contributed by atoms with Gasteiger partial charge in [0.25, 0.3) is 5.91 Å². The van der Waals surface area contributed by atoms with Crippen LogP contribution in [0.3, 0.4) is 0 Å². The average molecular weight is 326 g/mol. The fraction of sp³-hybridized carbons (Fsp3) is 0.375. The number of hydrogen-bond acceptors (Lipinski definition) is 5. The lowest BCUT2D eigenvalue weighted by molar-refractivity contribution is 0.0874. The Labute approximate surface area is 138 Å². The Morgan fingerprint density at radius 2 is 2.29 bits per heavy atom. The number of carbonyl (C=O) groups is 1. The van der Waals surface area contributed by atoms with E-state index < -0.39 is 6.10 Å². The molecule has 124 valence electrons. The quantitative estimate of drug-likeness (QED) is 0.727. The van der Waals surface area contributed by atoms with E-state index in [1.807, 2.05) is 10.8 Å². The molecule has 1 saturated carbocycles. The molecule has 0 radical (unpaired) electrons. The SMILES string of the molecule is O=C(N[C@@H]1CC(Cn2ccnc2)C[C@H]1O)c1cccn2ncnc12. The maximum atomic E-state index is 12.6. The van der Waals surface area contributed by atoms with Gasteiger partial charge in [-0.15, -0.1) is 0 Å². The third-order valence-electron chi connectivity index (χ3n) is 4.52. The maximum absolute atomic E-state index is 12.6. The van der Waals surface area contributed by atoms with E-state index >= 15 is 0 Å². The van der Waals surface area contributed by atoms with Crippen LogP contribution in [0, 0.1) is 5.92 Å². The van der Waals surface area contributed by atoms with Crippen LogP contribution in [0.5, 0.6) is 0 Å². The van der Waals surface area contributed by atoms with Crippen molar-refractivity contribution in [3.63, 3.8) is 0 Å². The first-order valence-corrected chi connectivity index (χ1v) is 7.94. The topological polar surface area (TPSA) is 97.3 Å². The van der Waals surface area contributed by atoms with E-state index in [0.717, 1.165) is 13.0 Å². The molecule has 3 aromatic heterocycles. The van der Waals surface area contributed by atoms with E-state index in [1.54, 1.807) is 35.4 Å². The number of carbonyl (C=O) groups excluding carboxylic acids is 1. The molecule has 1 aliphatic rings. The van der Waals surface area contributed by atoms with E-state index in [2.05, 4.69) is 20.4 Å². The van der Waals surface area contributed by atoms with Crippen molar-refractivity contribution in [2.24, 2.45) is 5.92 Å². The van der Waals surface area contributed by atoms with Crippen molar-refractivity contribution in [2.45, 2.75) is 31.5 Å². The van der Waals surface area contributed by atoms with Crippen LogP contribution in [0.25, 0.3) is 5.65 Å². The Bertz CT molecular complexity index is 843. The molecule has 0 spiro atoms. The maximum Gasteiger partial charge on any atom is 0.255 e. The molecule has 1 fully saturated rings. The first-order valence-electron chi connectivity index (χ1n) is 7.94. The number of fused-ring (bicyclic) bond motifs is 1. The highest BCUT2D eigenvalue weighted by molar-refractivity contribution is 5.99. The van der Waals surface area contributed by atoms with E-state index in [0.29, 0.717) is 23.5 Å². The minimum absolute atomic E-state index is 0.235. The highest BCUT2D eigenvalue weighted by Crippen LogP contribution is 2.28. The molecule has 24 heavy (non-hydrogen) atoms. The molecule has 1 amide bonds. The summed E-state index contributed by atoms with van der Waals surface area (Å²) < 4.78 is 3.56. The van der Waals surface area contributed by atoms with Gasteiger partial charge >= 0.3 is 0 Å². The van der Waals surface area contributed by atoms with Crippen molar-refractivity contribution < 1.29 is 9.90 Å². The van der Waals surface area contributed by atoms with Gasteiger partial charge in [-0.2, -0.15) is 5.10 Å². The molecule has 2 N–H and O–H groups in total. The second-order valence-electron chi connectivity index (χ2n) is 6.19. The molecule has 1 unspecified atom stereocenters. The molecule has 3 aromatic rings. The van der Waals surface area contributed by atoms with Crippen molar-refractivity contribution in [3.8, 4) is 0 Å². The second-order valence-corrected chi connectivity index (χ2v) is 6.19. The lowest BCUT2D eigenvalue weighted by atomic mass is 10.1. The van der Waals surface area contributed by atoms with Crippen molar-refractivity contribution in [3.05, 3.63) is 48.9 Å². The van der Waals surface area contributed by atoms with Gasteiger partial charge in [-0.25, -0.2) is 14.5 Å². The molecular formula is C16H18N6O2. The Morgan fingerprint density at radius 3 is 3.12 bits per heavy atom. The molecule has 3 atom stereocenters. The normalized spacial score (nSPS) is 23.6. The van der Waals surface area contributed by atoms with Crippen LogP contribution in [0.2, 0.25) is 0 Å². The van der Waals surface area contributed by atoms with Crippen LogP contribution in [0.15, 0.2) is 43.4 Å². The molecule has 8 heteroatoms. The fourth-order valence-electron chi connectivity index (χ4n) is 3.39. The van der Waals surface area contributed by atoms with E-state index in [-0.39, 0.29) is 11.9 Å². The van der Waals surface area contributed by atoms with Crippen LogP contribution in [-0.4, -0.2) is 47.3 Å². The zero-order chi connectivity index (χ0) is 16.5. The van der Waals surface area contributed by atoms with E-state index in [1.165, 1.54) is 6.33 Å². The summed E-state index contributed by atoms with van der Waals surface area (Å²) in [6, 6.07) is 3.21. The molecule has 3 heterocycles. The Hall–Kier alpha value is -2.74. The van der Waals surface area contributed by atoms with Crippen LogP contribution in [0.1, 0.15) is 23.2 Å². The molecule has 0 saturated heterocycles. The van der Waals surface area contributed by atoms with Crippen LogP contribution in [0.4, 0.5) is 0 Å². The van der Waals surface area contributed by atoms with Gasteiger partial charge in [-0.05, 0) is 30.9 Å². The fourth-order valence-corrected chi connectivity index (χ4v) is 3.39. The number of hydrogen-bond donors (Lipinski definition) is 2. The first kappa shape index (κ1) is 14.8. The van der Waals surface area contributed by atoms with Gasteiger partial charge in [-0.1, -0.05) is 0 Å². The summed E-state index contributed by atoms with van der Waals surface area (Å²) in [7, 11) is 0. The number of nitrogens with one attached hydrogen (secondary N) is 1.